The molecule has 0 aliphatic heterocycles. The molecule has 156 valence electrons. The quantitative estimate of drug-likeness (QED) is 0.596. The van der Waals surface area contributed by atoms with Gasteiger partial charge in [0.25, 0.3) is 5.91 Å². The van der Waals surface area contributed by atoms with Crippen LogP contribution >= 0.6 is 0 Å². The van der Waals surface area contributed by atoms with Crippen molar-refractivity contribution in [3.05, 3.63) is 90.0 Å². The van der Waals surface area contributed by atoms with Crippen LogP contribution in [-0.2, 0) is 21.4 Å². The number of hydrogen-bond acceptors (Lipinski definition) is 4. The molecule has 0 spiro atoms. The van der Waals surface area contributed by atoms with Gasteiger partial charge in [-0.25, -0.2) is 8.42 Å². The molecule has 0 aliphatic carbocycles. The van der Waals surface area contributed by atoms with E-state index in [9.17, 15) is 13.2 Å². The third-order valence-corrected chi connectivity index (χ3v) is 6.30. The monoisotopic (exact) mass is 424 g/mol. The van der Waals surface area contributed by atoms with Gasteiger partial charge in [-0.15, -0.1) is 0 Å². The van der Waals surface area contributed by atoms with Crippen LogP contribution in [0.2, 0.25) is 0 Å². The summed E-state index contributed by atoms with van der Waals surface area (Å²) in [6, 6.07) is 22.9. The Morgan fingerprint density at radius 2 is 1.57 bits per heavy atom. The van der Waals surface area contributed by atoms with Crippen LogP contribution in [-0.4, -0.2) is 32.3 Å². The summed E-state index contributed by atoms with van der Waals surface area (Å²) in [5.41, 5.74) is 2.70. The number of rotatable bonds is 8. The van der Waals surface area contributed by atoms with Gasteiger partial charge in [0.2, 0.25) is 10.0 Å². The molecular weight excluding hydrogens is 400 g/mol. The van der Waals surface area contributed by atoms with Crippen molar-refractivity contribution in [2.75, 3.05) is 19.0 Å². The van der Waals surface area contributed by atoms with Crippen molar-refractivity contribution in [3.63, 3.8) is 0 Å². The molecule has 3 rings (SSSR count). The van der Waals surface area contributed by atoms with Crippen LogP contribution in [0.1, 0.15) is 11.1 Å². The van der Waals surface area contributed by atoms with E-state index in [0.29, 0.717) is 11.4 Å². The van der Waals surface area contributed by atoms with Crippen molar-refractivity contribution in [1.29, 1.82) is 0 Å². The number of carbonyl (C=O) groups is 1. The zero-order chi connectivity index (χ0) is 21.6. The second-order valence-corrected chi connectivity index (χ2v) is 8.97. The number of anilines is 1. The molecule has 0 fully saturated rings. The van der Waals surface area contributed by atoms with Gasteiger partial charge < -0.3 is 10.1 Å². The topological polar surface area (TPSA) is 75.7 Å². The van der Waals surface area contributed by atoms with E-state index < -0.39 is 10.0 Å². The van der Waals surface area contributed by atoms with E-state index in [1.165, 1.54) is 16.4 Å². The fourth-order valence-corrected chi connectivity index (χ4v) is 3.96. The van der Waals surface area contributed by atoms with Gasteiger partial charge in [-0.2, -0.15) is 4.31 Å². The Bertz CT molecular complexity index is 1080. The Labute approximate surface area is 177 Å². The average molecular weight is 425 g/mol. The predicted octanol–water partition coefficient (Wildman–Crippen LogP) is 3.83. The number of benzene rings is 3. The summed E-state index contributed by atoms with van der Waals surface area (Å²) in [6.45, 7) is 2.08. The van der Waals surface area contributed by atoms with Crippen LogP contribution in [0.4, 0.5) is 5.69 Å². The number of nitrogens with one attached hydrogen (secondary N) is 1. The molecule has 0 atom stereocenters. The molecule has 0 heterocycles. The summed E-state index contributed by atoms with van der Waals surface area (Å²) in [5.74, 6) is 0.122. The van der Waals surface area contributed by atoms with Gasteiger partial charge in [0.1, 0.15) is 5.75 Å². The Hall–Kier alpha value is -3.16. The molecule has 0 aliphatic rings. The lowest BCUT2D eigenvalue weighted by molar-refractivity contribution is -0.118. The molecule has 6 nitrogen and oxygen atoms in total. The Balaban J connectivity index is 1.57. The van der Waals surface area contributed by atoms with Crippen molar-refractivity contribution in [2.24, 2.45) is 0 Å². The molecule has 3 aromatic rings. The van der Waals surface area contributed by atoms with Crippen molar-refractivity contribution in [3.8, 4) is 5.75 Å². The first kappa shape index (κ1) is 21.5. The highest BCUT2D eigenvalue weighted by Crippen LogP contribution is 2.20. The number of amides is 1. The minimum atomic E-state index is -3.63. The Morgan fingerprint density at radius 3 is 2.20 bits per heavy atom. The molecule has 1 amide bonds. The molecule has 30 heavy (non-hydrogen) atoms. The van der Waals surface area contributed by atoms with Gasteiger partial charge in [0.15, 0.2) is 6.61 Å². The number of nitrogens with zero attached hydrogens (tertiary/aromatic N) is 1. The highest BCUT2D eigenvalue weighted by Gasteiger charge is 2.21. The van der Waals surface area contributed by atoms with E-state index in [0.717, 1.165) is 11.1 Å². The highest BCUT2D eigenvalue weighted by molar-refractivity contribution is 7.89. The minimum absolute atomic E-state index is 0.164. The third-order valence-electron chi connectivity index (χ3n) is 4.49. The summed E-state index contributed by atoms with van der Waals surface area (Å²) < 4.78 is 32.3. The van der Waals surface area contributed by atoms with Crippen LogP contribution in [0, 0.1) is 6.92 Å². The Morgan fingerprint density at radius 1 is 0.933 bits per heavy atom. The average Bonchev–Trinajstić information content (AvgIpc) is 2.75. The molecule has 0 bridgehead atoms. The molecular formula is C23H24N2O4S. The summed E-state index contributed by atoms with van der Waals surface area (Å²) >= 11 is 0. The zero-order valence-corrected chi connectivity index (χ0v) is 17.7. The van der Waals surface area contributed by atoms with E-state index in [4.69, 9.17) is 4.74 Å². The molecule has 0 saturated heterocycles. The molecule has 1 N–H and O–H groups in total. The van der Waals surface area contributed by atoms with Crippen LogP contribution in [0.3, 0.4) is 0 Å². The van der Waals surface area contributed by atoms with E-state index >= 15 is 0 Å². The van der Waals surface area contributed by atoms with Gasteiger partial charge in [-0.05, 0) is 48.9 Å². The number of ether oxygens (including phenoxy) is 1. The van der Waals surface area contributed by atoms with Gasteiger partial charge >= 0.3 is 0 Å². The summed E-state index contributed by atoms with van der Waals surface area (Å²) in [4.78, 5) is 12.2. The summed E-state index contributed by atoms with van der Waals surface area (Å²) in [5, 5.41) is 2.75. The minimum Gasteiger partial charge on any atom is -0.484 e. The second-order valence-electron chi connectivity index (χ2n) is 6.92. The highest BCUT2D eigenvalue weighted by atomic mass is 32.2. The van der Waals surface area contributed by atoms with Gasteiger partial charge in [-0.1, -0.05) is 48.0 Å². The maximum Gasteiger partial charge on any atom is 0.262 e. The van der Waals surface area contributed by atoms with Crippen LogP contribution in [0.5, 0.6) is 5.75 Å². The lowest BCUT2D eigenvalue weighted by atomic mass is 10.2. The van der Waals surface area contributed by atoms with Gasteiger partial charge in [0.05, 0.1) is 4.90 Å². The zero-order valence-electron chi connectivity index (χ0n) is 16.9. The predicted molar refractivity (Wildman–Crippen MR) is 117 cm³/mol. The molecule has 0 aromatic heterocycles. The third kappa shape index (κ3) is 5.68. The fourth-order valence-electron chi connectivity index (χ4n) is 2.80. The fraction of sp³-hybridized carbons (Fsp3) is 0.174. The largest absolute Gasteiger partial charge is 0.484 e. The first-order valence-electron chi connectivity index (χ1n) is 9.44. The first-order chi connectivity index (χ1) is 14.3. The van der Waals surface area contributed by atoms with E-state index in [1.54, 1.807) is 19.2 Å². The van der Waals surface area contributed by atoms with Crippen molar-refractivity contribution in [1.82, 2.24) is 4.31 Å². The van der Waals surface area contributed by atoms with Crippen LogP contribution in [0.25, 0.3) is 0 Å². The number of hydrogen-bond donors (Lipinski definition) is 1. The summed E-state index contributed by atoms with van der Waals surface area (Å²) in [6.07, 6.45) is 0. The van der Waals surface area contributed by atoms with Crippen molar-refractivity contribution >= 4 is 21.6 Å². The molecule has 7 heteroatoms. The molecule has 3 aromatic carbocycles. The first-order valence-corrected chi connectivity index (χ1v) is 10.9. The van der Waals surface area contributed by atoms with E-state index in [-0.39, 0.29) is 24.0 Å². The van der Waals surface area contributed by atoms with E-state index in [1.807, 2.05) is 61.5 Å². The van der Waals surface area contributed by atoms with Crippen LogP contribution < -0.4 is 10.1 Å². The lowest BCUT2D eigenvalue weighted by Crippen LogP contribution is -2.26. The summed E-state index contributed by atoms with van der Waals surface area (Å²) in [7, 11) is -2.09. The van der Waals surface area contributed by atoms with Gasteiger partial charge in [-0.3, -0.25) is 4.79 Å². The lowest BCUT2D eigenvalue weighted by Gasteiger charge is -2.17. The standard InChI is InChI=1S/C23H24N2O4S/c1-18-8-10-20(11-9-18)24-23(26)17-29-21-12-14-22(15-13-21)30(27,28)25(2)16-19-6-4-3-5-7-19/h3-15H,16-17H2,1-2H3,(H,24,26). The smallest absolute Gasteiger partial charge is 0.262 e. The van der Waals surface area contributed by atoms with Crippen molar-refractivity contribution < 1.29 is 17.9 Å². The van der Waals surface area contributed by atoms with Crippen LogP contribution in [0.15, 0.2) is 83.8 Å². The van der Waals surface area contributed by atoms with E-state index in [2.05, 4.69) is 5.32 Å². The SMILES string of the molecule is Cc1ccc(NC(=O)COc2ccc(S(=O)(=O)N(C)Cc3ccccc3)cc2)cc1. The molecule has 0 saturated carbocycles. The van der Waals surface area contributed by atoms with Gasteiger partial charge in [0, 0.05) is 19.3 Å². The van der Waals surface area contributed by atoms with Crippen molar-refractivity contribution in [2.45, 2.75) is 18.4 Å². The molecule has 0 unspecified atom stereocenters. The number of sulfonamides is 1. The molecule has 0 radical (unpaired) electrons. The maximum atomic E-state index is 12.8. The number of carbonyl (C=O) groups excluding carboxylic acids is 1. The normalized spacial score (nSPS) is 11.3. The maximum absolute atomic E-state index is 12.8. The Kier molecular flexibility index (Phi) is 6.87. The second kappa shape index (κ2) is 9.56. The number of aryl methyl sites for hydroxylation is 1.